The van der Waals surface area contributed by atoms with E-state index in [1.54, 1.807) is 14.2 Å². The highest BCUT2D eigenvalue weighted by Crippen LogP contribution is 2.24. The Morgan fingerprint density at radius 2 is 1.73 bits per heavy atom. The lowest BCUT2D eigenvalue weighted by Gasteiger charge is -2.34. The number of likely N-dealkylation sites (tertiary alicyclic amines) is 1. The zero-order chi connectivity index (χ0) is 22.9. The first-order valence-electron chi connectivity index (χ1n) is 11.8. The summed E-state index contributed by atoms with van der Waals surface area (Å²) >= 11 is 0. The van der Waals surface area contributed by atoms with Gasteiger partial charge < -0.3 is 29.9 Å². The van der Waals surface area contributed by atoms with Gasteiger partial charge in [0.2, 0.25) is 0 Å². The van der Waals surface area contributed by atoms with Crippen LogP contribution in [-0.4, -0.2) is 107 Å². The summed E-state index contributed by atoms with van der Waals surface area (Å²) in [5.41, 5.74) is 1.21. The van der Waals surface area contributed by atoms with Crippen molar-refractivity contribution in [3.63, 3.8) is 0 Å². The summed E-state index contributed by atoms with van der Waals surface area (Å²) in [6.45, 7) is 12.0. The second-order valence-corrected chi connectivity index (χ2v) is 9.25. The topological polar surface area (TPSA) is 64.6 Å². The summed E-state index contributed by atoms with van der Waals surface area (Å²) in [5.74, 6) is 3.16. The molecule has 2 fully saturated rings. The first-order valence-corrected chi connectivity index (χ1v) is 11.8. The average Bonchev–Trinajstić information content (AvgIpc) is 3.24. The number of hydrogen-bond donors (Lipinski definition) is 2. The minimum absolute atomic E-state index is 0. The Morgan fingerprint density at radius 1 is 1.06 bits per heavy atom. The number of ether oxygens (including phenoxy) is 2. The van der Waals surface area contributed by atoms with Gasteiger partial charge in [-0.15, -0.1) is 24.0 Å². The lowest BCUT2D eigenvalue weighted by molar-refractivity contribution is 0.139. The molecule has 2 N–H and O–H groups in total. The maximum atomic E-state index is 5.41. The Labute approximate surface area is 217 Å². The van der Waals surface area contributed by atoms with Gasteiger partial charge in [-0.3, -0.25) is 9.89 Å². The lowest BCUT2D eigenvalue weighted by Crippen LogP contribution is -2.48. The number of nitrogens with zero attached hydrogens (tertiary/aromatic N) is 4. The highest BCUT2D eigenvalue weighted by Gasteiger charge is 2.24. The van der Waals surface area contributed by atoms with E-state index in [-0.39, 0.29) is 24.0 Å². The van der Waals surface area contributed by atoms with Gasteiger partial charge in [-0.1, -0.05) is 6.92 Å². The van der Waals surface area contributed by atoms with E-state index in [1.807, 2.05) is 13.1 Å². The predicted octanol–water partition coefficient (Wildman–Crippen LogP) is 1.94. The number of halogens is 1. The van der Waals surface area contributed by atoms with Crippen LogP contribution in [0.1, 0.15) is 18.9 Å². The maximum Gasteiger partial charge on any atom is 0.191 e. The van der Waals surface area contributed by atoms with Crippen molar-refractivity contribution in [1.82, 2.24) is 25.3 Å². The Bertz CT molecular complexity index is 719. The quantitative estimate of drug-likeness (QED) is 0.266. The third kappa shape index (κ3) is 9.11. The molecule has 0 amide bonds. The highest BCUT2D eigenvalue weighted by molar-refractivity contribution is 14.0. The molecule has 2 saturated heterocycles. The third-order valence-corrected chi connectivity index (χ3v) is 6.44. The van der Waals surface area contributed by atoms with Crippen LogP contribution in [-0.2, 0) is 6.54 Å². The molecular weight excluding hydrogens is 531 g/mol. The molecule has 2 atom stereocenters. The van der Waals surface area contributed by atoms with Crippen LogP contribution in [0.4, 0.5) is 0 Å². The van der Waals surface area contributed by atoms with Crippen LogP contribution >= 0.6 is 24.0 Å². The van der Waals surface area contributed by atoms with E-state index < -0.39 is 0 Å². The lowest BCUT2D eigenvalue weighted by atomic mass is 10.1. The minimum Gasteiger partial charge on any atom is -0.497 e. The molecule has 2 aliphatic heterocycles. The summed E-state index contributed by atoms with van der Waals surface area (Å²) in [4.78, 5) is 11.9. The summed E-state index contributed by atoms with van der Waals surface area (Å²) in [6, 6.07) is 6.50. The monoisotopic (exact) mass is 574 g/mol. The summed E-state index contributed by atoms with van der Waals surface area (Å²) in [6.07, 6.45) is 1.11. The number of piperazine rings is 1. The molecule has 0 spiro atoms. The van der Waals surface area contributed by atoms with Crippen LogP contribution in [0.2, 0.25) is 0 Å². The molecule has 8 nitrogen and oxygen atoms in total. The van der Waals surface area contributed by atoms with Crippen molar-refractivity contribution in [3.8, 4) is 11.5 Å². The Kier molecular flexibility index (Phi) is 12.0. The van der Waals surface area contributed by atoms with Gasteiger partial charge in [0.25, 0.3) is 0 Å². The zero-order valence-electron chi connectivity index (χ0n) is 21.0. The first-order chi connectivity index (χ1) is 15.5. The zero-order valence-corrected chi connectivity index (χ0v) is 23.3. The molecule has 188 valence electrons. The molecule has 2 heterocycles. The smallest absolute Gasteiger partial charge is 0.191 e. The van der Waals surface area contributed by atoms with Crippen LogP contribution < -0.4 is 20.1 Å². The van der Waals surface area contributed by atoms with Crippen LogP contribution in [0.5, 0.6) is 11.5 Å². The molecule has 2 aliphatic rings. The number of guanidine groups is 1. The SMILES string of the molecule is CN=C(NCC(C)CN1CCN(C)CC1)NC1CCN(Cc2cc(OC)cc(OC)c2)C1.I. The normalized spacial score (nSPS) is 21.4. The van der Waals surface area contributed by atoms with Gasteiger partial charge in [-0.25, -0.2) is 0 Å². The van der Waals surface area contributed by atoms with Gasteiger partial charge in [-0.05, 0) is 37.1 Å². The molecule has 2 unspecified atom stereocenters. The molecule has 9 heteroatoms. The van der Waals surface area contributed by atoms with E-state index in [2.05, 4.69) is 56.4 Å². The molecule has 0 saturated carbocycles. The molecular formula is C24H43IN6O2. The molecule has 1 aromatic rings. The maximum absolute atomic E-state index is 5.41. The first kappa shape index (κ1) is 27.9. The van der Waals surface area contributed by atoms with Crippen molar-refractivity contribution in [1.29, 1.82) is 0 Å². The van der Waals surface area contributed by atoms with E-state index in [0.29, 0.717) is 12.0 Å². The van der Waals surface area contributed by atoms with Gasteiger partial charge in [0.1, 0.15) is 11.5 Å². The van der Waals surface area contributed by atoms with E-state index in [0.717, 1.165) is 56.6 Å². The summed E-state index contributed by atoms with van der Waals surface area (Å²) < 4.78 is 10.8. The molecule has 0 aliphatic carbocycles. The van der Waals surface area contributed by atoms with Crippen molar-refractivity contribution in [3.05, 3.63) is 23.8 Å². The number of likely N-dealkylation sites (N-methyl/N-ethyl adjacent to an activating group) is 1. The number of hydrogen-bond acceptors (Lipinski definition) is 6. The number of methoxy groups -OCH3 is 2. The number of benzene rings is 1. The Hall–Kier alpha value is -1.30. The van der Waals surface area contributed by atoms with Gasteiger partial charge in [0.15, 0.2) is 5.96 Å². The van der Waals surface area contributed by atoms with Gasteiger partial charge >= 0.3 is 0 Å². The van der Waals surface area contributed by atoms with Crippen LogP contribution in [0, 0.1) is 5.92 Å². The van der Waals surface area contributed by atoms with Crippen LogP contribution in [0.25, 0.3) is 0 Å². The second-order valence-electron chi connectivity index (χ2n) is 9.25. The number of rotatable bonds is 9. The molecule has 33 heavy (non-hydrogen) atoms. The highest BCUT2D eigenvalue weighted by atomic mass is 127. The second kappa shape index (κ2) is 14.2. The summed E-state index contributed by atoms with van der Waals surface area (Å²) in [5, 5.41) is 7.16. The van der Waals surface area contributed by atoms with Crippen molar-refractivity contribution in [2.45, 2.75) is 25.9 Å². The molecule has 0 radical (unpaired) electrons. The van der Waals surface area contributed by atoms with E-state index in [9.17, 15) is 0 Å². The molecule has 0 bridgehead atoms. The predicted molar refractivity (Wildman–Crippen MR) is 146 cm³/mol. The largest absolute Gasteiger partial charge is 0.497 e. The Balaban J connectivity index is 0.00000385. The van der Waals surface area contributed by atoms with Crippen LogP contribution in [0.15, 0.2) is 23.2 Å². The van der Waals surface area contributed by atoms with Gasteiger partial charge in [-0.2, -0.15) is 0 Å². The molecule has 3 rings (SSSR count). The number of aliphatic imine (C=N–C) groups is 1. The van der Waals surface area contributed by atoms with Crippen molar-refractivity contribution < 1.29 is 9.47 Å². The van der Waals surface area contributed by atoms with Gasteiger partial charge in [0, 0.05) is 78.1 Å². The van der Waals surface area contributed by atoms with E-state index in [4.69, 9.17) is 9.47 Å². The third-order valence-electron chi connectivity index (χ3n) is 6.44. The fraction of sp³-hybridized carbons (Fsp3) is 0.708. The standard InChI is InChI=1S/C24H42N6O2.HI/c1-19(16-29-10-8-28(3)9-11-29)15-26-24(25-2)27-21-6-7-30(18-21)17-20-12-22(31-4)14-23(13-20)32-5;/h12-14,19,21H,6-11,15-18H2,1-5H3,(H2,25,26,27);1H. The van der Waals surface area contributed by atoms with Crippen molar-refractivity contribution >= 4 is 29.9 Å². The van der Waals surface area contributed by atoms with Crippen molar-refractivity contribution in [2.24, 2.45) is 10.9 Å². The Morgan fingerprint density at radius 3 is 2.33 bits per heavy atom. The summed E-state index contributed by atoms with van der Waals surface area (Å²) in [7, 11) is 7.45. The number of nitrogens with one attached hydrogen (secondary N) is 2. The average molecular weight is 575 g/mol. The van der Waals surface area contributed by atoms with Gasteiger partial charge in [0.05, 0.1) is 14.2 Å². The fourth-order valence-electron chi connectivity index (χ4n) is 4.50. The fourth-order valence-corrected chi connectivity index (χ4v) is 4.50. The van der Waals surface area contributed by atoms with Crippen LogP contribution in [0.3, 0.4) is 0 Å². The molecule has 1 aromatic carbocycles. The molecule has 0 aromatic heterocycles. The van der Waals surface area contributed by atoms with E-state index in [1.165, 1.54) is 31.7 Å². The van der Waals surface area contributed by atoms with Crippen molar-refractivity contribution in [2.75, 3.05) is 80.7 Å². The minimum atomic E-state index is 0. The van der Waals surface area contributed by atoms with E-state index >= 15 is 0 Å².